The third-order valence-corrected chi connectivity index (χ3v) is 6.27. The SMILES string of the molecule is Cc1ccc(S(=O)(=O)OCCc2cccc3c2/C(=C/c2ccccc2)C(=O)N3)cc1. The van der Waals surface area contributed by atoms with E-state index in [9.17, 15) is 13.2 Å². The summed E-state index contributed by atoms with van der Waals surface area (Å²) in [7, 11) is -3.83. The van der Waals surface area contributed by atoms with E-state index >= 15 is 0 Å². The number of aryl methyl sites for hydroxylation is 1. The fourth-order valence-electron chi connectivity index (χ4n) is 3.42. The van der Waals surface area contributed by atoms with Crippen LogP contribution < -0.4 is 5.32 Å². The minimum atomic E-state index is -3.83. The van der Waals surface area contributed by atoms with Gasteiger partial charge in [-0.2, -0.15) is 8.42 Å². The summed E-state index contributed by atoms with van der Waals surface area (Å²) in [5.74, 6) is -0.172. The van der Waals surface area contributed by atoms with Crippen molar-refractivity contribution >= 4 is 33.4 Å². The average Bonchev–Trinajstić information content (AvgIpc) is 3.05. The van der Waals surface area contributed by atoms with Crippen LogP contribution in [0.1, 0.15) is 22.3 Å². The van der Waals surface area contributed by atoms with E-state index in [4.69, 9.17) is 4.18 Å². The topological polar surface area (TPSA) is 72.5 Å². The first-order valence-electron chi connectivity index (χ1n) is 9.60. The number of hydrogen-bond donors (Lipinski definition) is 1. The third kappa shape index (κ3) is 4.20. The van der Waals surface area contributed by atoms with Gasteiger partial charge in [0.15, 0.2) is 0 Å². The Morgan fingerprint density at radius 1 is 0.933 bits per heavy atom. The molecule has 5 nitrogen and oxygen atoms in total. The van der Waals surface area contributed by atoms with Crippen molar-refractivity contribution in [3.63, 3.8) is 0 Å². The molecule has 3 aromatic rings. The van der Waals surface area contributed by atoms with Crippen LogP contribution in [-0.4, -0.2) is 20.9 Å². The van der Waals surface area contributed by atoms with Crippen LogP contribution in [0, 0.1) is 6.92 Å². The summed E-state index contributed by atoms with van der Waals surface area (Å²) in [5, 5.41) is 2.88. The smallest absolute Gasteiger partial charge is 0.296 e. The number of nitrogens with one attached hydrogen (secondary N) is 1. The van der Waals surface area contributed by atoms with Gasteiger partial charge in [0.1, 0.15) is 0 Å². The van der Waals surface area contributed by atoms with E-state index < -0.39 is 10.1 Å². The number of rotatable bonds is 6. The molecule has 0 radical (unpaired) electrons. The van der Waals surface area contributed by atoms with Crippen LogP contribution in [0.25, 0.3) is 11.6 Å². The maximum absolute atomic E-state index is 12.5. The highest BCUT2D eigenvalue weighted by molar-refractivity contribution is 7.86. The number of fused-ring (bicyclic) bond motifs is 1. The molecule has 1 aliphatic rings. The molecular formula is C24H21NO4S. The lowest BCUT2D eigenvalue weighted by Gasteiger charge is -2.10. The Bertz CT molecular complexity index is 1210. The van der Waals surface area contributed by atoms with Crippen LogP contribution in [0.3, 0.4) is 0 Å². The highest BCUT2D eigenvalue weighted by atomic mass is 32.2. The first-order valence-corrected chi connectivity index (χ1v) is 11.0. The molecule has 0 fully saturated rings. The zero-order chi connectivity index (χ0) is 21.1. The number of amides is 1. The fraction of sp³-hybridized carbons (Fsp3) is 0.125. The predicted molar refractivity (Wildman–Crippen MR) is 117 cm³/mol. The maximum Gasteiger partial charge on any atom is 0.296 e. The maximum atomic E-state index is 12.5. The normalized spacial score (nSPS) is 14.6. The second kappa shape index (κ2) is 8.26. The third-order valence-electron chi connectivity index (χ3n) is 4.94. The molecule has 1 heterocycles. The lowest BCUT2D eigenvalue weighted by Crippen LogP contribution is -2.10. The summed E-state index contributed by atoms with van der Waals surface area (Å²) in [4.78, 5) is 12.7. The molecule has 4 rings (SSSR count). The molecular weight excluding hydrogens is 398 g/mol. The van der Waals surface area contributed by atoms with Gasteiger partial charge in [0, 0.05) is 16.8 Å². The van der Waals surface area contributed by atoms with Gasteiger partial charge in [-0.1, -0.05) is 60.2 Å². The van der Waals surface area contributed by atoms with Crippen molar-refractivity contribution in [1.82, 2.24) is 0 Å². The van der Waals surface area contributed by atoms with Crippen LogP contribution in [0.5, 0.6) is 0 Å². The molecule has 152 valence electrons. The Morgan fingerprint density at radius 3 is 2.40 bits per heavy atom. The van der Waals surface area contributed by atoms with Crippen molar-refractivity contribution in [3.05, 3.63) is 95.1 Å². The van der Waals surface area contributed by atoms with Crippen molar-refractivity contribution in [2.45, 2.75) is 18.2 Å². The van der Waals surface area contributed by atoms with Gasteiger partial charge in [-0.3, -0.25) is 8.98 Å². The molecule has 1 N–H and O–H groups in total. The molecule has 0 saturated heterocycles. The summed E-state index contributed by atoms with van der Waals surface area (Å²) in [6.45, 7) is 1.88. The summed E-state index contributed by atoms with van der Waals surface area (Å²) in [6, 6.07) is 21.7. The van der Waals surface area contributed by atoms with Crippen LogP contribution in [0.15, 0.2) is 77.7 Å². The first-order chi connectivity index (χ1) is 14.4. The standard InChI is InChI=1S/C24H21NO4S/c1-17-10-12-20(13-11-17)30(27,28)29-15-14-19-8-5-9-22-23(19)21(24(26)25-22)16-18-6-3-2-4-7-18/h2-13,16H,14-15H2,1H3,(H,25,26)/b21-16-. The number of hydrogen-bond acceptors (Lipinski definition) is 4. The van der Waals surface area contributed by atoms with Crippen LogP contribution >= 0.6 is 0 Å². The molecule has 0 saturated carbocycles. The van der Waals surface area contributed by atoms with Crippen LogP contribution in [0.4, 0.5) is 5.69 Å². The Morgan fingerprint density at radius 2 is 1.67 bits per heavy atom. The molecule has 0 aliphatic carbocycles. The number of carbonyl (C=O) groups excluding carboxylic acids is 1. The minimum absolute atomic E-state index is 0.0144. The van der Waals surface area contributed by atoms with Crippen molar-refractivity contribution in [2.75, 3.05) is 11.9 Å². The highest BCUT2D eigenvalue weighted by Crippen LogP contribution is 2.36. The molecule has 0 atom stereocenters. The molecule has 1 aliphatic heterocycles. The monoisotopic (exact) mass is 419 g/mol. The van der Waals surface area contributed by atoms with Gasteiger partial charge in [-0.05, 0) is 48.7 Å². The number of anilines is 1. The Labute approximate surface area is 176 Å². The van der Waals surface area contributed by atoms with Crippen molar-refractivity contribution in [3.8, 4) is 0 Å². The molecule has 30 heavy (non-hydrogen) atoms. The van der Waals surface area contributed by atoms with Crippen LogP contribution in [-0.2, 0) is 25.5 Å². The predicted octanol–water partition coefficient (Wildman–Crippen LogP) is 4.44. The first kappa shape index (κ1) is 20.1. The Kier molecular flexibility index (Phi) is 5.53. The molecule has 0 unspecified atom stereocenters. The Balaban J connectivity index is 1.56. The lowest BCUT2D eigenvalue weighted by atomic mass is 9.97. The molecule has 0 spiro atoms. The van der Waals surface area contributed by atoms with Gasteiger partial charge in [0.05, 0.1) is 11.5 Å². The minimum Gasteiger partial charge on any atom is -0.321 e. The van der Waals surface area contributed by atoms with E-state index in [1.165, 1.54) is 12.1 Å². The van der Waals surface area contributed by atoms with Gasteiger partial charge >= 0.3 is 0 Å². The summed E-state index contributed by atoms with van der Waals surface area (Å²) in [6.07, 6.45) is 2.20. The van der Waals surface area contributed by atoms with E-state index in [1.807, 2.05) is 61.5 Å². The highest BCUT2D eigenvalue weighted by Gasteiger charge is 2.26. The number of carbonyl (C=O) groups is 1. The quantitative estimate of drug-likeness (QED) is 0.474. The van der Waals surface area contributed by atoms with Gasteiger partial charge in [0.2, 0.25) is 0 Å². The van der Waals surface area contributed by atoms with Gasteiger partial charge in [-0.25, -0.2) is 0 Å². The van der Waals surface area contributed by atoms with Gasteiger partial charge < -0.3 is 5.32 Å². The van der Waals surface area contributed by atoms with E-state index in [1.54, 1.807) is 12.1 Å². The van der Waals surface area contributed by atoms with Crippen molar-refractivity contribution < 1.29 is 17.4 Å². The average molecular weight is 420 g/mol. The molecule has 6 heteroatoms. The lowest BCUT2D eigenvalue weighted by molar-refractivity contribution is -0.110. The largest absolute Gasteiger partial charge is 0.321 e. The molecule has 0 bridgehead atoms. The van der Waals surface area contributed by atoms with Crippen molar-refractivity contribution in [2.24, 2.45) is 0 Å². The summed E-state index contributed by atoms with van der Waals surface area (Å²) >= 11 is 0. The van der Waals surface area contributed by atoms with Gasteiger partial charge in [0.25, 0.3) is 16.0 Å². The summed E-state index contributed by atoms with van der Waals surface area (Å²) in [5.41, 5.74) is 4.83. The Hall–Kier alpha value is -3.22. The molecule has 1 amide bonds. The number of benzene rings is 3. The van der Waals surface area contributed by atoms with Crippen molar-refractivity contribution in [1.29, 1.82) is 0 Å². The second-order valence-corrected chi connectivity index (χ2v) is 8.72. The van der Waals surface area contributed by atoms with Gasteiger partial charge in [-0.15, -0.1) is 0 Å². The zero-order valence-electron chi connectivity index (χ0n) is 16.5. The fourth-order valence-corrected chi connectivity index (χ4v) is 4.33. The van der Waals surface area contributed by atoms with E-state index in [0.717, 1.165) is 27.9 Å². The molecule has 0 aromatic heterocycles. The van der Waals surface area contributed by atoms with E-state index in [2.05, 4.69) is 5.32 Å². The second-order valence-electron chi connectivity index (χ2n) is 7.10. The van der Waals surface area contributed by atoms with E-state index in [-0.39, 0.29) is 17.4 Å². The zero-order valence-corrected chi connectivity index (χ0v) is 17.3. The summed E-state index contributed by atoms with van der Waals surface area (Å²) < 4.78 is 30.1. The molecule has 3 aromatic carbocycles. The van der Waals surface area contributed by atoms with Crippen LogP contribution in [0.2, 0.25) is 0 Å². The van der Waals surface area contributed by atoms with E-state index in [0.29, 0.717) is 12.0 Å².